The van der Waals surface area contributed by atoms with Crippen LogP contribution in [0.2, 0.25) is 0 Å². The number of Topliss-reactive ketones (excluding diaryl/α,β-unsaturated/α-hetero) is 2. The van der Waals surface area contributed by atoms with Gasteiger partial charge in [0.15, 0.2) is 17.4 Å². The molecule has 0 atom stereocenters. The van der Waals surface area contributed by atoms with Crippen LogP contribution in [-0.2, 0) is 4.79 Å². The average molecular weight is 272 g/mol. The van der Waals surface area contributed by atoms with Gasteiger partial charge in [-0.2, -0.15) is 0 Å². The fourth-order valence-corrected chi connectivity index (χ4v) is 2.23. The molecule has 2 aliphatic carbocycles. The Morgan fingerprint density at radius 2 is 2.05 bits per heavy atom. The molecule has 0 bridgehead atoms. The van der Waals surface area contributed by atoms with Crippen molar-refractivity contribution in [3.63, 3.8) is 0 Å². The van der Waals surface area contributed by atoms with Crippen LogP contribution in [0.3, 0.4) is 0 Å². The summed E-state index contributed by atoms with van der Waals surface area (Å²) in [5, 5.41) is 0. The molecule has 2 aliphatic rings. The minimum atomic E-state index is -0.987. The molecule has 1 heterocycles. The number of hydrogen-bond donors (Lipinski definition) is 0. The largest absolute Gasteiger partial charge is 0.460 e. The Morgan fingerprint density at radius 1 is 1.25 bits per heavy atom. The lowest BCUT2D eigenvalue weighted by atomic mass is 9.92. The van der Waals surface area contributed by atoms with E-state index in [1.54, 1.807) is 12.2 Å². The quantitative estimate of drug-likeness (QED) is 0.613. The highest BCUT2D eigenvalue weighted by molar-refractivity contribution is 6.51. The van der Waals surface area contributed by atoms with Gasteiger partial charge in [-0.3, -0.25) is 14.4 Å². The van der Waals surface area contributed by atoms with E-state index in [2.05, 4.69) is 0 Å². The number of carbonyl (C=O) groups excluding carboxylic acids is 3. The smallest absolute Gasteiger partial charge is 0.237 e. The third kappa shape index (κ3) is 1.79. The fraction of sp³-hybridized carbons (Fsp3) is 0.133. The number of fused-ring (bicyclic) bond motifs is 1. The van der Waals surface area contributed by atoms with Crippen molar-refractivity contribution in [2.75, 3.05) is 0 Å². The Hall–Kier alpha value is -2.56. The van der Waals surface area contributed by atoms with E-state index in [9.17, 15) is 18.8 Å². The van der Waals surface area contributed by atoms with Gasteiger partial charge in [0.05, 0.1) is 11.1 Å². The molecule has 0 N–H and O–H groups in total. The first-order chi connectivity index (χ1) is 9.59. The number of allylic oxidation sites excluding steroid dienone is 5. The van der Waals surface area contributed by atoms with Gasteiger partial charge in [-0.25, -0.2) is 4.39 Å². The first-order valence-corrected chi connectivity index (χ1v) is 6.08. The summed E-state index contributed by atoms with van der Waals surface area (Å²) in [6.07, 6.45) is 8.39. The Kier molecular flexibility index (Phi) is 2.82. The van der Waals surface area contributed by atoms with Crippen molar-refractivity contribution in [1.29, 1.82) is 0 Å². The zero-order valence-electron chi connectivity index (χ0n) is 10.3. The molecule has 4 nitrogen and oxygen atoms in total. The van der Waals surface area contributed by atoms with Crippen molar-refractivity contribution >= 4 is 23.2 Å². The molecule has 0 fully saturated rings. The maximum Gasteiger partial charge on any atom is 0.237 e. The van der Waals surface area contributed by atoms with E-state index in [0.717, 1.165) is 19.1 Å². The summed E-state index contributed by atoms with van der Waals surface area (Å²) in [4.78, 5) is 35.5. The van der Waals surface area contributed by atoms with Crippen molar-refractivity contribution in [2.45, 2.75) is 12.8 Å². The second kappa shape index (κ2) is 4.52. The van der Waals surface area contributed by atoms with Gasteiger partial charge in [-0.15, -0.1) is 0 Å². The highest BCUT2D eigenvalue weighted by atomic mass is 19.1. The number of hydrogen-bond acceptors (Lipinski definition) is 4. The third-order valence-electron chi connectivity index (χ3n) is 3.22. The Morgan fingerprint density at radius 3 is 2.75 bits per heavy atom. The maximum absolute atomic E-state index is 13.6. The monoisotopic (exact) mass is 272 g/mol. The summed E-state index contributed by atoms with van der Waals surface area (Å²) in [6.45, 7) is 0. The predicted octanol–water partition coefficient (Wildman–Crippen LogP) is 2.81. The van der Waals surface area contributed by atoms with Crippen LogP contribution in [0.25, 0.3) is 5.83 Å². The topological polar surface area (TPSA) is 64.3 Å². The van der Waals surface area contributed by atoms with Gasteiger partial charge in [0.25, 0.3) is 0 Å². The van der Waals surface area contributed by atoms with Crippen LogP contribution in [0.1, 0.15) is 39.3 Å². The minimum absolute atomic E-state index is 0.0700. The zero-order chi connectivity index (χ0) is 14.3. The summed E-state index contributed by atoms with van der Waals surface area (Å²) >= 11 is 0. The van der Waals surface area contributed by atoms with Crippen LogP contribution >= 0.6 is 0 Å². The summed E-state index contributed by atoms with van der Waals surface area (Å²) < 4.78 is 18.5. The molecule has 0 radical (unpaired) electrons. The fourth-order valence-electron chi connectivity index (χ4n) is 2.23. The van der Waals surface area contributed by atoms with Gasteiger partial charge in [0, 0.05) is 11.6 Å². The first kappa shape index (κ1) is 12.5. The number of carbonyl (C=O) groups is 3. The predicted molar refractivity (Wildman–Crippen MR) is 67.9 cm³/mol. The lowest BCUT2D eigenvalue weighted by molar-refractivity contribution is -0.111. The Balaban J connectivity index is 2.10. The molecule has 0 saturated heterocycles. The second-order valence-corrected chi connectivity index (χ2v) is 4.51. The highest BCUT2D eigenvalue weighted by Gasteiger charge is 2.34. The van der Waals surface area contributed by atoms with Gasteiger partial charge in [0.2, 0.25) is 11.6 Å². The van der Waals surface area contributed by atoms with Crippen molar-refractivity contribution in [3.05, 3.63) is 53.0 Å². The molecular weight excluding hydrogens is 263 g/mol. The molecule has 0 amide bonds. The highest BCUT2D eigenvalue weighted by Crippen LogP contribution is 2.31. The standard InChI is InChI=1S/C15H9FO4/c16-10-6-11(17)14(19)12-9(7-20-15(10)12)13(18)8-4-2-1-3-5-8/h2,4-7H,1,3H2. The molecule has 0 spiro atoms. The van der Waals surface area contributed by atoms with Crippen molar-refractivity contribution in [1.82, 2.24) is 0 Å². The Bertz CT molecular complexity index is 731. The maximum atomic E-state index is 13.6. The van der Waals surface area contributed by atoms with E-state index >= 15 is 0 Å². The molecule has 0 aliphatic heterocycles. The van der Waals surface area contributed by atoms with Gasteiger partial charge in [-0.1, -0.05) is 18.2 Å². The first-order valence-electron chi connectivity index (χ1n) is 6.08. The van der Waals surface area contributed by atoms with Gasteiger partial charge in [0.1, 0.15) is 6.26 Å². The normalized spacial score (nSPS) is 17.6. The number of halogens is 1. The molecule has 1 aromatic heterocycles. The van der Waals surface area contributed by atoms with E-state index in [1.165, 1.54) is 0 Å². The van der Waals surface area contributed by atoms with E-state index in [0.29, 0.717) is 11.6 Å². The second-order valence-electron chi connectivity index (χ2n) is 4.51. The molecule has 0 unspecified atom stereocenters. The summed E-state index contributed by atoms with van der Waals surface area (Å²) in [7, 11) is 0. The molecule has 100 valence electrons. The van der Waals surface area contributed by atoms with Crippen molar-refractivity contribution in [3.8, 4) is 0 Å². The molecular formula is C15H9FO4. The van der Waals surface area contributed by atoms with Crippen LogP contribution in [0.4, 0.5) is 4.39 Å². The molecule has 1 aromatic rings. The average Bonchev–Trinajstić information content (AvgIpc) is 2.90. The van der Waals surface area contributed by atoms with Crippen LogP contribution in [0, 0.1) is 0 Å². The molecule has 3 rings (SSSR count). The number of rotatable bonds is 2. The molecule has 0 saturated carbocycles. The molecule has 0 aromatic carbocycles. The molecule has 5 heteroatoms. The minimum Gasteiger partial charge on any atom is -0.460 e. The summed E-state index contributed by atoms with van der Waals surface area (Å²) in [5.41, 5.74) is 0.0642. The third-order valence-corrected chi connectivity index (χ3v) is 3.22. The Labute approximate surface area is 113 Å². The van der Waals surface area contributed by atoms with Gasteiger partial charge < -0.3 is 4.42 Å². The lowest BCUT2D eigenvalue weighted by Crippen LogP contribution is -2.19. The zero-order valence-corrected chi connectivity index (χ0v) is 10.3. The summed E-state index contributed by atoms with van der Waals surface area (Å²) in [5.74, 6) is -3.63. The molecule has 20 heavy (non-hydrogen) atoms. The van der Waals surface area contributed by atoms with Crippen molar-refractivity contribution in [2.24, 2.45) is 0 Å². The van der Waals surface area contributed by atoms with E-state index < -0.39 is 23.2 Å². The van der Waals surface area contributed by atoms with Gasteiger partial charge in [-0.05, 0) is 12.8 Å². The van der Waals surface area contributed by atoms with E-state index in [-0.39, 0.29) is 16.9 Å². The van der Waals surface area contributed by atoms with E-state index in [1.807, 2.05) is 6.08 Å². The number of furan rings is 1. The van der Waals surface area contributed by atoms with Crippen LogP contribution in [0.15, 0.2) is 40.6 Å². The van der Waals surface area contributed by atoms with Crippen LogP contribution < -0.4 is 0 Å². The number of ketones is 3. The van der Waals surface area contributed by atoms with E-state index in [4.69, 9.17) is 4.42 Å². The van der Waals surface area contributed by atoms with Crippen LogP contribution in [-0.4, -0.2) is 17.3 Å². The van der Waals surface area contributed by atoms with Crippen LogP contribution in [0.5, 0.6) is 0 Å². The SMILES string of the molecule is O=C1C=C(F)c2occ(C(=O)C3=CCCC=C3)c2C1=O. The van der Waals surface area contributed by atoms with Gasteiger partial charge >= 0.3 is 0 Å². The van der Waals surface area contributed by atoms with Crippen molar-refractivity contribution < 1.29 is 23.2 Å². The summed E-state index contributed by atoms with van der Waals surface area (Å²) in [6, 6.07) is 0. The lowest BCUT2D eigenvalue weighted by Gasteiger charge is -2.08.